The van der Waals surface area contributed by atoms with Crippen molar-refractivity contribution in [2.24, 2.45) is 5.16 Å². The van der Waals surface area contributed by atoms with Crippen LogP contribution in [0.25, 0.3) is 0 Å². The van der Waals surface area contributed by atoms with Gasteiger partial charge < -0.3 is 15.5 Å². The third kappa shape index (κ3) is 4.87. The van der Waals surface area contributed by atoms with E-state index in [0.717, 1.165) is 25.4 Å². The molecule has 0 aliphatic carbocycles. The third-order valence-corrected chi connectivity index (χ3v) is 5.42. The van der Waals surface area contributed by atoms with Gasteiger partial charge >= 0.3 is 10.3 Å². The molecule has 1 aliphatic heterocycles. The number of Topliss-reactive ketones (excluding diaryl/α,β-unsaturated/α-hetero) is 1. The first-order valence-corrected chi connectivity index (χ1v) is 10.4. The van der Waals surface area contributed by atoms with Crippen LogP contribution < -0.4 is 10.6 Å². The molecule has 0 spiro atoms. The Morgan fingerprint density at radius 3 is 2.62 bits per heavy atom. The number of aromatic nitrogens is 1. The molecule has 1 aromatic heterocycles. The second kappa shape index (κ2) is 8.81. The van der Waals surface area contributed by atoms with Crippen molar-refractivity contribution in [1.29, 1.82) is 0 Å². The molecule has 13 nitrogen and oxygen atoms in total. The van der Waals surface area contributed by atoms with Crippen LogP contribution in [0.1, 0.15) is 12.6 Å². The maximum Gasteiger partial charge on any atom is 0.363 e. The van der Waals surface area contributed by atoms with Gasteiger partial charge in [-0.1, -0.05) is 5.16 Å². The van der Waals surface area contributed by atoms with Crippen molar-refractivity contribution in [3.8, 4) is 0 Å². The van der Waals surface area contributed by atoms with Gasteiger partial charge in [0.25, 0.3) is 11.8 Å². The van der Waals surface area contributed by atoms with Crippen LogP contribution in [0.4, 0.5) is 5.13 Å². The van der Waals surface area contributed by atoms with E-state index in [-0.39, 0.29) is 21.0 Å². The Hall–Kier alpha value is -2.62. The minimum atomic E-state index is -4.98. The van der Waals surface area contributed by atoms with Crippen molar-refractivity contribution in [2.45, 2.75) is 19.0 Å². The molecule has 16 heteroatoms. The highest BCUT2D eigenvalue weighted by atomic mass is 35.5. The lowest BCUT2D eigenvalue weighted by Crippen LogP contribution is -2.74. The van der Waals surface area contributed by atoms with Crippen LogP contribution >= 0.6 is 22.9 Å². The van der Waals surface area contributed by atoms with Crippen LogP contribution in [0.15, 0.2) is 10.5 Å². The summed E-state index contributed by atoms with van der Waals surface area (Å²) >= 11 is 6.33. The molecule has 29 heavy (non-hydrogen) atoms. The van der Waals surface area contributed by atoms with Crippen molar-refractivity contribution in [3.05, 3.63) is 11.1 Å². The van der Waals surface area contributed by atoms with E-state index in [1.165, 1.54) is 5.38 Å². The lowest BCUT2D eigenvalue weighted by molar-refractivity contribution is -0.150. The van der Waals surface area contributed by atoms with Crippen LogP contribution in [-0.2, 0) is 34.3 Å². The van der Waals surface area contributed by atoms with E-state index in [4.69, 9.17) is 16.2 Å². The van der Waals surface area contributed by atoms with Crippen LogP contribution in [-0.4, -0.2) is 76.5 Å². The zero-order chi connectivity index (χ0) is 21.9. The Morgan fingerprint density at radius 2 is 2.10 bits per heavy atom. The summed E-state index contributed by atoms with van der Waals surface area (Å²) in [5.74, 6) is -3.83. The van der Waals surface area contributed by atoms with Gasteiger partial charge in [-0.25, -0.2) is 9.29 Å². The monoisotopic (exact) mass is 467 g/mol. The molecule has 0 unspecified atom stereocenters. The Morgan fingerprint density at radius 1 is 1.45 bits per heavy atom. The van der Waals surface area contributed by atoms with Gasteiger partial charge in [-0.05, 0) is 6.92 Å². The van der Waals surface area contributed by atoms with Gasteiger partial charge in [0.05, 0.1) is 0 Å². The molecular weight excluding hydrogens is 454 g/mol. The molecule has 1 aliphatic rings. The molecule has 0 radical (unpaired) electrons. The van der Waals surface area contributed by atoms with Crippen LogP contribution in [0.5, 0.6) is 0 Å². The number of hydrogen-bond donors (Lipinski definition) is 3. The summed E-state index contributed by atoms with van der Waals surface area (Å²) in [6.45, 7) is 0.991. The van der Waals surface area contributed by atoms with Crippen molar-refractivity contribution >= 4 is 67.6 Å². The van der Waals surface area contributed by atoms with Gasteiger partial charge in [0.1, 0.15) is 30.8 Å². The largest absolute Gasteiger partial charge is 0.398 e. The molecule has 2 heterocycles. The van der Waals surface area contributed by atoms with Crippen molar-refractivity contribution in [2.75, 3.05) is 18.3 Å². The number of amides is 3. The highest BCUT2D eigenvalue weighted by Crippen LogP contribution is 2.25. The molecule has 2 rings (SSSR count). The molecule has 0 bridgehead atoms. The Kier molecular flexibility index (Phi) is 6.89. The SMILES string of the molecule is CO/N=C(\C(=O)N[C@H]1C(=O)N(S(=O)(=O)O)[C@H]1C(C)=O)c1csc(NC(=O)CCl)n1. The number of ketones is 1. The molecule has 3 N–H and O–H groups in total. The van der Waals surface area contributed by atoms with Gasteiger partial charge in [-0.15, -0.1) is 22.9 Å². The van der Waals surface area contributed by atoms with E-state index < -0.39 is 51.6 Å². The average molecular weight is 468 g/mol. The van der Waals surface area contributed by atoms with Gasteiger partial charge in [-0.2, -0.15) is 8.42 Å². The second-order valence-corrected chi connectivity index (χ2v) is 7.88. The highest BCUT2D eigenvalue weighted by molar-refractivity contribution is 7.84. The number of anilines is 1. The topological polar surface area (TPSA) is 184 Å². The zero-order valence-electron chi connectivity index (χ0n) is 14.8. The molecule has 1 saturated heterocycles. The van der Waals surface area contributed by atoms with Crippen molar-refractivity contribution in [3.63, 3.8) is 0 Å². The summed E-state index contributed by atoms with van der Waals surface area (Å²) in [4.78, 5) is 56.1. The number of oxime groups is 1. The number of thiazole rings is 1. The number of carbonyl (C=O) groups is 4. The lowest BCUT2D eigenvalue weighted by Gasteiger charge is -2.42. The molecule has 1 aromatic rings. The smallest absolute Gasteiger partial charge is 0.363 e. The minimum absolute atomic E-state index is 0.0306. The zero-order valence-corrected chi connectivity index (χ0v) is 17.2. The highest BCUT2D eigenvalue weighted by Gasteiger charge is 2.56. The number of nitrogens with one attached hydrogen (secondary N) is 2. The number of β-lactam (4-membered cyclic amide) rings is 1. The molecular formula is C13H14ClN5O8S2. The molecule has 2 atom stereocenters. The van der Waals surface area contributed by atoms with E-state index in [0.29, 0.717) is 0 Å². The molecule has 0 aromatic carbocycles. The number of halogens is 1. The fourth-order valence-electron chi connectivity index (χ4n) is 2.36. The van der Waals surface area contributed by atoms with Gasteiger partial charge in [0, 0.05) is 5.38 Å². The Labute approximate surface area is 172 Å². The van der Waals surface area contributed by atoms with Crippen LogP contribution in [0, 0.1) is 0 Å². The van der Waals surface area contributed by atoms with Crippen molar-refractivity contribution in [1.82, 2.24) is 14.6 Å². The Balaban J connectivity index is 2.23. The number of nitrogens with zero attached hydrogens (tertiary/aromatic N) is 3. The molecule has 1 fully saturated rings. The predicted molar refractivity (Wildman–Crippen MR) is 99.8 cm³/mol. The van der Waals surface area contributed by atoms with E-state index >= 15 is 0 Å². The van der Waals surface area contributed by atoms with E-state index in [2.05, 4.69) is 25.6 Å². The number of alkyl halides is 1. The predicted octanol–water partition coefficient (Wildman–Crippen LogP) is -1.24. The second-order valence-electron chi connectivity index (χ2n) is 5.46. The number of rotatable bonds is 8. The Bertz CT molecular complexity index is 991. The summed E-state index contributed by atoms with van der Waals surface area (Å²) in [5, 5.41) is 9.52. The van der Waals surface area contributed by atoms with E-state index in [1.54, 1.807) is 0 Å². The summed E-state index contributed by atoms with van der Waals surface area (Å²) in [6, 6.07) is -3.16. The van der Waals surface area contributed by atoms with Crippen LogP contribution in [0.3, 0.4) is 0 Å². The fourth-order valence-corrected chi connectivity index (χ4v) is 4.03. The van der Waals surface area contributed by atoms with Crippen molar-refractivity contribution < 1.29 is 37.0 Å². The first kappa shape index (κ1) is 22.7. The van der Waals surface area contributed by atoms with E-state index in [9.17, 15) is 27.6 Å². The first-order valence-electron chi connectivity index (χ1n) is 7.56. The van der Waals surface area contributed by atoms with Gasteiger partial charge in [0.2, 0.25) is 5.91 Å². The molecule has 158 valence electrons. The normalized spacial score (nSPS) is 19.4. The van der Waals surface area contributed by atoms with Crippen LogP contribution in [0.2, 0.25) is 0 Å². The maximum atomic E-state index is 12.5. The van der Waals surface area contributed by atoms with E-state index in [1.807, 2.05) is 0 Å². The minimum Gasteiger partial charge on any atom is -0.398 e. The summed E-state index contributed by atoms with van der Waals surface area (Å²) in [7, 11) is -3.83. The maximum absolute atomic E-state index is 12.5. The third-order valence-electron chi connectivity index (χ3n) is 3.52. The number of carbonyl (C=O) groups excluding carboxylic acids is 4. The summed E-state index contributed by atoms with van der Waals surface area (Å²) < 4.78 is 31.5. The lowest BCUT2D eigenvalue weighted by atomic mass is 9.95. The first-order chi connectivity index (χ1) is 13.5. The fraction of sp³-hybridized carbons (Fsp3) is 0.385. The van der Waals surface area contributed by atoms with Gasteiger partial charge in [0.15, 0.2) is 16.6 Å². The molecule has 3 amide bonds. The standard InChI is InChI=1S/C13H14ClN5O8S2/c1-5(20)10-9(12(23)19(10)29(24,25)26)17-11(22)8(18-27-2)6-4-28-13(15-6)16-7(21)3-14/h4,9-10H,3H2,1-2H3,(H,17,22)(H,15,16,21)(H,24,25,26)/b18-8-/t9-,10+/m1/s1. The average Bonchev–Trinajstić information content (AvgIpc) is 3.07. The van der Waals surface area contributed by atoms with Gasteiger partial charge in [-0.3, -0.25) is 23.7 Å². The summed E-state index contributed by atoms with van der Waals surface area (Å²) in [5.41, 5.74) is -0.437. The molecule has 0 saturated carbocycles. The quantitative estimate of drug-likeness (QED) is 0.138. The summed E-state index contributed by atoms with van der Waals surface area (Å²) in [6.07, 6.45) is 0. The number of hydrogen-bond acceptors (Lipinski definition) is 10.